The lowest BCUT2D eigenvalue weighted by Crippen LogP contribution is -2.46. The Labute approximate surface area is 226 Å². The Kier molecular flexibility index (Phi) is 9.17. The van der Waals surface area contributed by atoms with Gasteiger partial charge in [-0.3, -0.25) is 10.2 Å². The molecule has 1 atom stereocenters. The van der Waals surface area contributed by atoms with Gasteiger partial charge in [0.2, 0.25) is 0 Å². The molecule has 0 unspecified atom stereocenters. The van der Waals surface area contributed by atoms with Gasteiger partial charge in [0.25, 0.3) is 5.56 Å². The summed E-state index contributed by atoms with van der Waals surface area (Å²) in [5.41, 5.74) is 2.99. The highest BCUT2D eigenvalue weighted by Gasteiger charge is 2.32. The first-order valence-electron chi connectivity index (χ1n) is 12.9. The number of aromatic amines is 1. The standard InChI is InChI=1S/C16H15F5N2.C10H15N5O2/c17-13-5-2-4-12(15(13)18)10-3-1-6-14-22-8-11(23(14)9-10)7-16(19,20)21;11-13-10(17)15-5-2-7(3-6-15)8-1-4-12-14-9(8)16/h2,4-5,8,10H,1,3,6-7,9H2;1,4,7H,2-3,5-6,11H2,(H,13,17)(H,14,16)/t10-;/m1./s1. The average molecular weight is 568 g/mol. The van der Waals surface area contributed by atoms with Crippen LogP contribution in [0.5, 0.6) is 0 Å². The highest BCUT2D eigenvalue weighted by atomic mass is 19.4. The van der Waals surface area contributed by atoms with Gasteiger partial charge in [-0.15, -0.1) is 0 Å². The molecule has 0 radical (unpaired) electrons. The molecule has 1 saturated heterocycles. The van der Waals surface area contributed by atoms with Crippen molar-refractivity contribution in [2.45, 2.75) is 63.1 Å². The number of amides is 2. The van der Waals surface area contributed by atoms with E-state index in [1.54, 1.807) is 17.2 Å². The number of H-pyrrole nitrogens is 1. The molecule has 216 valence electrons. The first kappa shape index (κ1) is 29.2. The van der Waals surface area contributed by atoms with Crippen LogP contribution in [0.4, 0.5) is 26.7 Å². The van der Waals surface area contributed by atoms with Crippen LogP contribution in [-0.4, -0.2) is 49.9 Å². The van der Waals surface area contributed by atoms with Crippen molar-refractivity contribution >= 4 is 6.03 Å². The van der Waals surface area contributed by atoms with Gasteiger partial charge >= 0.3 is 12.2 Å². The normalized spacial score (nSPS) is 17.9. The largest absolute Gasteiger partial charge is 0.394 e. The minimum absolute atomic E-state index is 0.0659. The fourth-order valence-corrected chi connectivity index (χ4v) is 5.29. The van der Waals surface area contributed by atoms with Crippen LogP contribution >= 0.6 is 0 Å². The van der Waals surface area contributed by atoms with Crippen molar-refractivity contribution in [3.8, 4) is 0 Å². The number of imidazole rings is 1. The molecule has 4 N–H and O–H groups in total. The molecule has 0 spiro atoms. The molecule has 2 aliphatic heterocycles. The number of rotatable bonds is 3. The molecule has 1 aromatic carbocycles. The van der Waals surface area contributed by atoms with Crippen LogP contribution in [0.3, 0.4) is 0 Å². The van der Waals surface area contributed by atoms with E-state index in [-0.39, 0.29) is 41.2 Å². The molecule has 2 amide bonds. The number of fused-ring (bicyclic) bond motifs is 1. The summed E-state index contributed by atoms with van der Waals surface area (Å²) in [6.45, 7) is 1.39. The molecule has 2 aliphatic rings. The number of piperidine rings is 1. The summed E-state index contributed by atoms with van der Waals surface area (Å²) in [5, 5.41) is 6.09. The number of nitrogens with zero attached hydrogens (tertiary/aromatic N) is 4. The molecule has 2 aromatic heterocycles. The Morgan fingerprint density at radius 1 is 1.10 bits per heavy atom. The molecule has 0 aliphatic carbocycles. The second-order valence-electron chi connectivity index (χ2n) is 9.85. The van der Waals surface area contributed by atoms with Crippen molar-refractivity contribution in [3.05, 3.63) is 81.3 Å². The zero-order valence-corrected chi connectivity index (χ0v) is 21.6. The van der Waals surface area contributed by atoms with Crippen LogP contribution in [0.15, 0.2) is 41.5 Å². The molecule has 3 aromatic rings. The summed E-state index contributed by atoms with van der Waals surface area (Å²) in [6.07, 6.45) is 0.717. The third kappa shape index (κ3) is 7.03. The Bertz CT molecular complexity index is 1370. The number of aromatic nitrogens is 4. The van der Waals surface area contributed by atoms with Crippen LogP contribution in [0.1, 0.15) is 60.2 Å². The highest BCUT2D eigenvalue weighted by Crippen LogP contribution is 2.32. The van der Waals surface area contributed by atoms with E-state index in [0.717, 1.165) is 24.5 Å². The number of carbonyl (C=O) groups excluding carboxylic acids is 1. The number of hydrogen-bond donors (Lipinski definition) is 3. The summed E-state index contributed by atoms with van der Waals surface area (Å²) >= 11 is 0. The van der Waals surface area contributed by atoms with Gasteiger partial charge in [0.15, 0.2) is 11.6 Å². The van der Waals surface area contributed by atoms with Gasteiger partial charge in [-0.2, -0.15) is 18.3 Å². The van der Waals surface area contributed by atoms with Crippen molar-refractivity contribution in [2.24, 2.45) is 5.84 Å². The van der Waals surface area contributed by atoms with Gasteiger partial charge in [-0.1, -0.05) is 12.1 Å². The number of benzene rings is 1. The lowest BCUT2D eigenvalue weighted by Gasteiger charge is -2.31. The summed E-state index contributed by atoms with van der Waals surface area (Å²) in [5.74, 6) is 3.60. The third-order valence-electron chi connectivity index (χ3n) is 7.28. The highest BCUT2D eigenvalue weighted by molar-refractivity contribution is 5.73. The average Bonchev–Trinajstić information content (AvgIpc) is 3.15. The van der Waals surface area contributed by atoms with Gasteiger partial charge in [0, 0.05) is 55.6 Å². The fourth-order valence-electron chi connectivity index (χ4n) is 5.29. The number of aryl methyl sites for hydroxylation is 1. The number of carbonyl (C=O) groups is 1. The first-order chi connectivity index (χ1) is 19.1. The molecule has 9 nitrogen and oxygen atoms in total. The number of nitrogens with two attached hydrogens (primary N) is 1. The molecule has 40 heavy (non-hydrogen) atoms. The molecule has 1 fully saturated rings. The van der Waals surface area contributed by atoms with Crippen molar-refractivity contribution in [3.63, 3.8) is 0 Å². The molecule has 5 rings (SSSR count). The number of hydrogen-bond acceptors (Lipinski definition) is 5. The maximum atomic E-state index is 14.0. The Morgan fingerprint density at radius 2 is 1.85 bits per heavy atom. The van der Waals surface area contributed by atoms with Crippen LogP contribution in [-0.2, 0) is 19.4 Å². The van der Waals surface area contributed by atoms with E-state index in [2.05, 4.69) is 20.6 Å². The number of urea groups is 1. The topological polar surface area (TPSA) is 122 Å². The molecular formula is C26H30F5N7O2. The van der Waals surface area contributed by atoms with E-state index in [1.165, 1.54) is 22.9 Å². The van der Waals surface area contributed by atoms with Crippen LogP contribution in [0.25, 0.3) is 0 Å². The molecular weight excluding hydrogens is 537 g/mol. The Balaban J connectivity index is 0.000000194. The number of alkyl halides is 3. The molecule has 0 bridgehead atoms. The Morgan fingerprint density at radius 3 is 2.52 bits per heavy atom. The number of likely N-dealkylation sites (tertiary alicyclic amines) is 1. The SMILES string of the molecule is Fc1cccc([C@@H]2CCCc3ncc(CC(F)(F)F)n3C2)c1F.NNC(=O)N1CCC(c2ccn[nH]c2=O)CC1. The smallest absolute Gasteiger partial charge is 0.331 e. The van der Waals surface area contributed by atoms with Gasteiger partial charge in [-0.25, -0.2) is 29.5 Å². The van der Waals surface area contributed by atoms with Crippen molar-refractivity contribution < 1.29 is 26.7 Å². The van der Waals surface area contributed by atoms with E-state index in [0.29, 0.717) is 38.2 Å². The zero-order valence-electron chi connectivity index (χ0n) is 21.6. The van der Waals surface area contributed by atoms with E-state index < -0.39 is 24.2 Å². The summed E-state index contributed by atoms with van der Waals surface area (Å²) in [4.78, 5) is 28.6. The predicted molar refractivity (Wildman–Crippen MR) is 135 cm³/mol. The molecule has 0 saturated carbocycles. The minimum Gasteiger partial charge on any atom is -0.331 e. The minimum atomic E-state index is -4.33. The van der Waals surface area contributed by atoms with E-state index in [1.807, 2.05) is 0 Å². The Hall–Kier alpha value is -3.81. The maximum Gasteiger partial charge on any atom is 0.394 e. The van der Waals surface area contributed by atoms with E-state index >= 15 is 0 Å². The zero-order chi connectivity index (χ0) is 28.9. The molecule has 14 heteroatoms. The number of halogens is 5. The monoisotopic (exact) mass is 567 g/mol. The number of nitrogens with one attached hydrogen (secondary N) is 2. The van der Waals surface area contributed by atoms with Gasteiger partial charge in [0.1, 0.15) is 5.82 Å². The van der Waals surface area contributed by atoms with Gasteiger partial charge in [0.05, 0.1) is 6.42 Å². The summed E-state index contributed by atoms with van der Waals surface area (Å²) in [6, 6.07) is 5.42. The lowest BCUT2D eigenvalue weighted by atomic mass is 9.91. The predicted octanol–water partition coefficient (Wildman–Crippen LogP) is 3.92. The lowest BCUT2D eigenvalue weighted by molar-refractivity contribution is -0.128. The van der Waals surface area contributed by atoms with Crippen molar-refractivity contribution in [1.29, 1.82) is 0 Å². The van der Waals surface area contributed by atoms with E-state index in [9.17, 15) is 31.5 Å². The quantitative estimate of drug-likeness (QED) is 0.192. The summed E-state index contributed by atoms with van der Waals surface area (Å²) < 4.78 is 67.0. The van der Waals surface area contributed by atoms with Crippen LogP contribution < -0.4 is 16.8 Å². The van der Waals surface area contributed by atoms with Crippen LogP contribution in [0, 0.1) is 11.6 Å². The summed E-state index contributed by atoms with van der Waals surface area (Å²) in [7, 11) is 0. The van der Waals surface area contributed by atoms with Crippen molar-refractivity contribution in [2.75, 3.05) is 13.1 Å². The molecule has 4 heterocycles. The van der Waals surface area contributed by atoms with E-state index in [4.69, 9.17) is 5.84 Å². The fraction of sp³-hybridized carbons (Fsp3) is 0.462. The third-order valence-corrected chi connectivity index (χ3v) is 7.28. The van der Waals surface area contributed by atoms with Crippen LogP contribution in [0.2, 0.25) is 0 Å². The van der Waals surface area contributed by atoms with Gasteiger partial charge in [-0.05, 0) is 49.3 Å². The second-order valence-corrected chi connectivity index (χ2v) is 9.85. The first-order valence-corrected chi connectivity index (χ1v) is 12.9. The van der Waals surface area contributed by atoms with Gasteiger partial charge < -0.3 is 9.47 Å². The van der Waals surface area contributed by atoms with Crippen molar-refractivity contribution in [1.82, 2.24) is 30.1 Å². The second kappa shape index (κ2) is 12.6. The number of hydrazine groups is 1. The maximum absolute atomic E-state index is 14.0.